The van der Waals surface area contributed by atoms with Gasteiger partial charge in [0.2, 0.25) is 0 Å². The van der Waals surface area contributed by atoms with Gasteiger partial charge in [0.25, 0.3) is 0 Å². The van der Waals surface area contributed by atoms with Gasteiger partial charge < -0.3 is 5.32 Å². The average Bonchev–Trinajstić information content (AvgIpc) is 2.29. The molecule has 1 saturated heterocycles. The first kappa shape index (κ1) is 8.55. The van der Waals surface area contributed by atoms with Gasteiger partial charge >= 0.3 is 0 Å². The Balaban J connectivity index is 2.08. The van der Waals surface area contributed by atoms with Crippen LogP contribution in [0.15, 0.2) is 0 Å². The summed E-state index contributed by atoms with van der Waals surface area (Å²) in [6.07, 6.45) is 5.83. The second-order valence-corrected chi connectivity index (χ2v) is 5.06. The lowest BCUT2D eigenvalue weighted by Crippen LogP contribution is -2.38. The second-order valence-electron chi connectivity index (χ2n) is 5.06. The van der Waals surface area contributed by atoms with Crippen LogP contribution < -0.4 is 5.32 Å². The van der Waals surface area contributed by atoms with Gasteiger partial charge in [-0.1, -0.05) is 13.8 Å². The normalized spacial score (nSPS) is 40.5. The van der Waals surface area contributed by atoms with E-state index in [9.17, 15) is 0 Å². The third-order valence-electron chi connectivity index (χ3n) is 4.16. The van der Waals surface area contributed by atoms with Gasteiger partial charge in [-0.25, -0.2) is 0 Å². The molecule has 2 aliphatic rings. The Labute approximate surface area is 75.9 Å². The molecule has 70 valence electrons. The van der Waals surface area contributed by atoms with E-state index in [4.69, 9.17) is 0 Å². The van der Waals surface area contributed by atoms with Crippen molar-refractivity contribution < 1.29 is 0 Å². The first-order valence-corrected chi connectivity index (χ1v) is 5.44. The van der Waals surface area contributed by atoms with E-state index >= 15 is 0 Å². The molecule has 1 nitrogen and oxygen atoms in total. The summed E-state index contributed by atoms with van der Waals surface area (Å²) in [5, 5.41) is 3.47. The predicted molar refractivity (Wildman–Crippen MR) is 52.1 cm³/mol. The Bertz CT molecular complexity index is 158. The van der Waals surface area contributed by atoms with E-state index in [-0.39, 0.29) is 0 Å². The van der Waals surface area contributed by atoms with Crippen LogP contribution in [0.2, 0.25) is 0 Å². The molecule has 1 aliphatic heterocycles. The minimum Gasteiger partial charge on any atom is -0.317 e. The fourth-order valence-corrected chi connectivity index (χ4v) is 3.45. The van der Waals surface area contributed by atoms with E-state index in [2.05, 4.69) is 19.2 Å². The zero-order valence-electron chi connectivity index (χ0n) is 8.40. The van der Waals surface area contributed by atoms with Gasteiger partial charge in [-0.2, -0.15) is 0 Å². The molecule has 0 aromatic carbocycles. The van der Waals surface area contributed by atoms with Gasteiger partial charge in [-0.05, 0) is 56.0 Å². The van der Waals surface area contributed by atoms with Crippen LogP contribution in [-0.2, 0) is 0 Å². The SMILES string of the molecule is C[C@@H]1C[C@@H](C)C2(CCNCC2)C1. The molecule has 1 saturated carbocycles. The Morgan fingerprint density at radius 1 is 1.17 bits per heavy atom. The number of nitrogens with one attached hydrogen (secondary N) is 1. The minimum absolute atomic E-state index is 0.741. The highest BCUT2D eigenvalue weighted by Gasteiger charge is 2.43. The average molecular weight is 167 g/mol. The lowest BCUT2D eigenvalue weighted by Gasteiger charge is -2.38. The lowest BCUT2D eigenvalue weighted by atomic mass is 9.71. The fourth-order valence-electron chi connectivity index (χ4n) is 3.45. The Hall–Kier alpha value is -0.0400. The van der Waals surface area contributed by atoms with Crippen molar-refractivity contribution in [3.05, 3.63) is 0 Å². The molecular weight excluding hydrogens is 146 g/mol. The predicted octanol–water partition coefficient (Wildman–Crippen LogP) is 2.42. The summed E-state index contributed by atoms with van der Waals surface area (Å²) < 4.78 is 0. The van der Waals surface area contributed by atoms with Crippen molar-refractivity contribution in [2.24, 2.45) is 17.3 Å². The second kappa shape index (κ2) is 3.02. The Morgan fingerprint density at radius 2 is 1.83 bits per heavy atom. The molecule has 1 heteroatoms. The molecule has 0 bridgehead atoms. The molecule has 0 unspecified atom stereocenters. The molecule has 12 heavy (non-hydrogen) atoms. The van der Waals surface area contributed by atoms with Crippen molar-refractivity contribution in [3.63, 3.8) is 0 Å². The van der Waals surface area contributed by atoms with Gasteiger partial charge in [0.1, 0.15) is 0 Å². The van der Waals surface area contributed by atoms with E-state index < -0.39 is 0 Å². The van der Waals surface area contributed by atoms with Gasteiger partial charge in [0, 0.05) is 0 Å². The summed E-state index contributed by atoms with van der Waals surface area (Å²) in [5.41, 5.74) is 0.741. The zero-order chi connectivity index (χ0) is 8.60. The van der Waals surface area contributed by atoms with Crippen molar-refractivity contribution in [1.82, 2.24) is 5.32 Å². The highest BCUT2D eigenvalue weighted by molar-refractivity contribution is 4.95. The molecule has 1 aliphatic carbocycles. The van der Waals surface area contributed by atoms with E-state index in [1.807, 2.05) is 0 Å². The fraction of sp³-hybridized carbons (Fsp3) is 1.00. The van der Waals surface area contributed by atoms with Crippen LogP contribution in [-0.4, -0.2) is 13.1 Å². The monoisotopic (exact) mass is 167 g/mol. The van der Waals surface area contributed by atoms with E-state index in [1.165, 1.54) is 38.8 Å². The molecule has 1 N–H and O–H groups in total. The van der Waals surface area contributed by atoms with Gasteiger partial charge in [-0.15, -0.1) is 0 Å². The van der Waals surface area contributed by atoms with Crippen LogP contribution in [0, 0.1) is 17.3 Å². The number of rotatable bonds is 0. The maximum absolute atomic E-state index is 3.47. The standard InChI is InChI=1S/C11H21N/c1-9-7-10(2)11(8-9)3-5-12-6-4-11/h9-10,12H,3-8H2,1-2H3/t9-,10-/m1/s1. The van der Waals surface area contributed by atoms with Crippen LogP contribution >= 0.6 is 0 Å². The lowest BCUT2D eigenvalue weighted by molar-refractivity contribution is 0.147. The van der Waals surface area contributed by atoms with Crippen molar-refractivity contribution >= 4 is 0 Å². The van der Waals surface area contributed by atoms with Gasteiger partial charge in [-0.3, -0.25) is 0 Å². The topological polar surface area (TPSA) is 12.0 Å². The van der Waals surface area contributed by atoms with Gasteiger partial charge in [0.15, 0.2) is 0 Å². The molecule has 1 heterocycles. The zero-order valence-corrected chi connectivity index (χ0v) is 8.40. The quantitative estimate of drug-likeness (QED) is 0.584. The van der Waals surface area contributed by atoms with Crippen molar-refractivity contribution in [1.29, 1.82) is 0 Å². The Kier molecular flexibility index (Phi) is 2.16. The van der Waals surface area contributed by atoms with E-state index in [0.29, 0.717) is 0 Å². The third kappa shape index (κ3) is 1.28. The minimum atomic E-state index is 0.741. The molecule has 0 amide bonds. The molecule has 2 fully saturated rings. The van der Waals surface area contributed by atoms with Crippen LogP contribution in [0.3, 0.4) is 0 Å². The first-order valence-electron chi connectivity index (χ1n) is 5.44. The van der Waals surface area contributed by atoms with E-state index in [0.717, 1.165) is 17.3 Å². The molecule has 0 aromatic heterocycles. The van der Waals surface area contributed by atoms with Crippen LogP contribution in [0.4, 0.5) is 0 Å². The van der Waals surface area contributed by atoms with Crippen molar-refractivity contribution in [2.75, 3.05) is 13.1 Å². The summed E-state index contributed by atoms with van der Waals surface area (Å²) >= 11 is 0. The third-order valence-corrected chi connectivity index (χ3v) is 4.16. The highest BCUT2D eigenvalue weighted by Crippen LogP contribution is 2.51. The van der Waals surface area contributed by atoms with Crippen LogP contribution in [0.25, 0.3) is 0 Å². The molecule has 0 aromatic rings. The summed E-state index contributed by atoms with van der Waals surface area (Å²) in [7, 11) is 0. The molecule has 0 radical (unpaired) electrons. The molecule has 1 spiro atoms. The highest BCUT2D eigenvalue weighted by atomic mass is 14.9. The van der Waals surface area contributed by atoms with Crippen molar-refractivity contribution in [3.8, 4) is 0 Å². The number of hydrogen-bond donors (Lipinski definition) is 1. The maximum atomic E-state index is 3.47. The largest absolute Gasteiger partial charge is 0.317 e. The molecule has 2 rings (SSSR count). The molecule has 2 atom stereocenters. The van der Waals surface area contributed by atoms with Crippen molar-refractivity contribution in [2.45, 2.75) is 39.5 Å². The summed E-state index contributed by atoms with van der Waals surface area (Å²) in [6, 6.07) is 0. The van der Waals surface area contributed by atoms with E-state index in [1.54, 1.807) is 0 Å². The first-order chi connectivity index (χ1) is 5.73. The summed E-state index contributed by atoms with van der Waals surface area (Å²) in [6.45, 7) is 7.41. The Morgan fingerprint density at radius 3 is 2.33 bits per heavy atom. The number of piperidine rings is 1. The van der Waals surface area contributed by atoms with Gasteiger partial charge in [0.05, 0.1) is 0 Å². The van der Waals surface area contributed by atoms with Crippen LogP contribution in [0.1, 0.15) is 39.5 Å². The smallest absolute Gasteiger partial charge is 0.00435 e. The van der Waals surface area contributed by atoms with Crippen LogP contribution in [0.5, 0.6) is 0 Å². The summed E-state index contributed by atoms with van der Waals surface area (Å²) in [5.74, 6) is 1.97. The molecular formula is C11H21N. The summed E-state index contributed by atoms with van der Waals surface area (Å²) in [4.78, 5) is 0. The number of hydrogen-bond acceptors (Lipinski definition) is 1. The maximum Gasteiger partial charge on any atom is -0.00435 e.